The van der Waals surface area contributed by atoms with E-state index in [1.54, 1.807) is 18.5 Å². The second kappa shape index (κ2) is 17.5. The van der Waals surface area contributed by atoms with Crippen molar-refractivity contribution >= 4 is 46.4 Å². The number of furan rings is 1. The Balaban J connectivity index is 0.000000188. The molecule has 0 aliphatic heterocycles. The minimum absolute atomic E-state index is 0. The molecule has 10 aromatic rings. The number of aromatic nitrogens is 4. The quantitative estimate of drug-likeness (QED) is 0.123. The number of pyridine rings is 2. The average Bonchev–Trinajstić information content (AvgIpc) is 3.88. The molecule has 6 aromatic carbocycles. The number of halogens is 1. The average molecular weight is 1020 g/mol. The monoisotopic (exact) mass is 1020 g/mol. The van der Waals surface area contributed by atoms with Gasteiger partial charge in [-0.25, -0.2) is 4.98 Å². The molecule has 315 valence electrons. The predicted octanol–water partition coefficient (Wildman–Crippen LogP) is 14.0. The molecule has 0 bridgehead atoms. The summed E-state index contributed by atoms with van der Waals surface area (Å²) in [5.74, 6) is 0.350. The van der Waals surface area contributed by atoms with Crippen LogP contribution in [0.4, 0.5) is 4.39 Å². The van der Waals surface area contributed by atoms with Crippen LogP contribution in [0.3, 0.4) is 0 Å². The van der Waals surface area contributed by atoms with Crippen molar-refractivity contribution in [2.45, 2.75) is 52.7 Å². The van der Waals surface area contributed by atoms with E-state index in [4.69, 9.17) is 13.5 Å². The molecule has 10 rings (SSSR count). The minimum Gasteiger partial charge on any atom is -0.459 e. The van der Waals surface area contributed by atoms with Gasteiger partial charge in [-0.1, -0.05) is 171 Å². The molecule has 0 saturated heterocycles. The smallest absolute Gasteiger partial charge is 0.215 e. The van der Waals surface area contributed by atoms with Crippen LogP contribution in [0, 0.1) is 24.8 Å². The van der Waals surface area contributed by atoms with Gasteiger partial charge in [0.05, 0.1) is 30.5 Å². The van der Waals surface area contributed by atoms with Crippen LogP contribution in [0.15, 0.2) is 162 Å². The van der Waals surface area contributed by atoms with Gasteiger partial charge in [0.1, 0.15) is 0 Å². The van der Waals surface area contributed by atoms with Crippen molar-refractivity contribution in [2.24, 2.45) is 0 Å². The van der Waals surface area contributed by atoms with Gasteiger partial charge in [0.25, 0.3) is 0 Å². The third-order valence-electron chi connectivity index (χ3n) is 11.1. The Labute approximate surface area is 387 Å². The summed E-state index contributed by atoms with van der Waals surface area (Å²) in [6, 6.07) is 54.2. The summed E-state index contributed by atoms with van der Waals surface area (Å²) in [5, 5.41) is 2.77. The topological polar surface area (TPSA) is 56.7 Å². The summed E-state index contributed by atoms with van der Waals surface area (Å²) in [6.45, 7) is 10.6. The molecule has 0 aliphatic carbocycles. The van der Waals surface area contributed by atoms with Crippen LogP contribution < -0.4 is 5.19 Å². The molecule has 0 fully saturated rings. The standard InChI is InChI=1S/C34H26N3O.C21H21FNSi.Ir/c1-34(2,3)24-15-17-25(18-16-24)37-29-14-8-7-13-28(29)36-32(37)23-20-27(22-10-5-4-6-11-22)31-26-12-9-19-35-33(26)38-30(31)21-23;1-15-12-20(23-14-21(15)24(2,3)4)18-11-10-17(13-19(18)22)16-8-6-5-7-9-16;/h4-20H,1-3H3;5-10,12-14H,1-4H3;/q2*-1;/i;1D3;. The largest absolute Gasteiger partial charge is 0.459 e. The van der Waals surface area contributed by atoms with Crippen molar-refractivity contribution in [3.63, 3.8) is 0 Å². The summed E-state index contributed by atoms with van der Waals surface area (Å²) in [5.41, 5.74) is 11.1. The van der Waals surface area contributed by atoms with Crippen LogP contribution in [0.1, 0.15) is 36.0 Å². The molecule has 0 atom stereocenters. The predicted molar refractivity (Wildman–Crippen MR) is 256 cm³/mol. The normalized spacial score (nSPS) is 12.6. The van der Waals surface area contributed by atoms with Gasteiger partial charge in [0.15, 0.2) is 0 Å². The number of rotatable bonds is 6. The number of hydrogen-bond donors (Lipinski definition) is 0. The number of nitrogens with zero attached hydrogens (tertiary/aromatic N) is 4. The van der Waals surface area contributed by atoms with Gasteiger partial charge in [-0.15, -0.1) is 29.8 Å². The Bertz CT molecular complexity index is 3340. The van der Waals surface area contributed by atoms with Crippen molar-refractivity contribution < 1.29 is 33.0 Å². The van der Waals surface area contributed by atoms with Crippen molar-refractivity contribution in [1.29, 1.82) is 0 Å². The fourth-order valence-electron chi connectivity index (χ4n) is 7.86. The first-order chi connectivity index (χ1) is 31.0. The molecule has 0 amide bonds. The summed E-state index contributed by atoms with van der Waals surface area (Å²) < 4.78 is 46.9. The first-order valence-corrected chi connectivity index (χ1v) is 24.2. The van der Waals surface area contributed by atoms with E-state index in [0.717, 1.165) is 60.8 Å². The Morgan fingerprint density at radius 3 is 2.14 bits per heavy atom. The maximum absolute atomic E-state index is 14.8. The van der Waals surface area contributed by atoms with Crippen molar-refractivity contribution in [3.05, 3.63) is 187 Å². The van der Waals surface area contributed by atoms with Gasteiger partial charge in [0.2, 0.25) is 5.71 Å². The van der Waals surface area contributed by atoms with E-state index in [1.165, 1.54) is 17.7 Å². The van der Waals surface area contributed by atoms with E-state index in [-0.39, 0.29) is 36.6 Å². The zero-order valence-electron chi connectivity index (χ0n) is 38.9. The summed E-state index contributed by atoms with van der Waals surface area (Å²) >= 11 is 0. The number of hydrogen-bond acceptors (Lipinski definition) is 4. The molecule has 0 aliphatic rings. The molecular weight excluding hydrogens is 972 g/mol. The van der Waals surface area contributed by atoms with E-state index >= 15 is 0 Å². The molecule has 0 spiro atoms. The molecule has 8 heteroatoms. The Morgan fingerprint density at radius 1 is 0.762 bits per heavy atom. The molecule has 4 aromatic heterocycles. The molecule has 0 saturated carbocycles. The zero-order valence-corrected chi connectivity index (χ0v) is 39.3. The van der Waals surface area contributed by atoms with E-state index < -0.39 is 20.7 Å². The van der Waals surface area contributed by atoms with E-state index in [9.17, 15) is 4.39 Å². The van der Waals surface area contributed by atoms with Crippen LogP contribution in [0.25, 0.3) is 83.7 Å². The summed E-state index contributed by atoms with van der Waals surface area (Å²) in [4.78, 5) is 13.9. The Hall–Kier alpha value is -6.31. The van der Waals surface area contributed by atoms with Gasteiger partial charge < -0.3 is 14.0 Å². The van der Waals surface area contributed by atoms with E-state index in [0.29, 0.717) is 22.6 Å². The fraction of sp³-hybridized carbons (Fsp3) is 0.145. The van der Waals surface area contributed by atoms with Crippen molar-refractivity contribution in [2.75, 3.05) is 0 Å². The second-order valence-electron chi connectivity index (χ2n) is 17.5. The van der Waals surface area contributed by atoms with Crippen molar-refractivity contribution in [3.8, 4) is 50.6 Å². The van der Waals surface area contributed by atoms with Crippen LogP contribution >= 0.6 is 0 Å². The number of aryl methyl sites for hydroxylation is 1. The number of para-hydroxylation sites is 2. The maximum Gasteiger partial charge on any atom is 0.215 e. The summed E-state index contributed by atoms with van der Waals surface area (Å²) in [6.07, 6.45) is 3.36. The SMILES string of the molecule is CC(C)(C)c1ccc(-n2c(-c3[c-]c4oc5ncccc5c4c(-c4ccccc4)c3)nc3ccccc32)cc1.[2H]C([2H])([2H])c1cc(-c2[c-]cc(-c3ccccc3)cc2F)ncc1[Si](C)(C)C.[Ir]. The third-order valence-corrected chi connectivity index (χ3v) is 13.1. The first-order valence-electron chi connectivity index (χ1n) is 22.2. The molecule has 4 heterocycles. The van der Waals surface area contributed by atoms with E-state index in [2.05, 4.69) is 146 Å². The van der Waals surface area contributed by atoms with Crippen molar-refractivity contribution in [1.82, 2.24) is 19.5 Å². The zero-order chi connectivity index (χ0) is 45.7. The summed E-state index contributed by atoms with van der Waals surface area (Å²) in [7, 11) is -1.90. The number of imidazole rings is 1. The maximum atomic E-state index is 14.8. The molecule has 5 nitrogen and oxygen atoms in total. The van der Waals surface area contributed by atoms with Crippen LogP contribution in [-0.4, -0.2) is 27.6 Å². The molecule has 63 heavy (non-hydrogen) atoms. The Kier molecular flexibility index (Phi) is 10.9. The second-order valence-corrected chi connectivity index (χ2v) is 22.6. The van der Waals surface area contributed by atoms with Gasteiger partial charge >= 0.3 is 0 Å². The number of benzene rings is 6. The van der Waals surface area contributed by atoms with Crippen LogP contribution in [0.2, 0.25) is 19.6 Å². The van der Waals surface area contributed by atoms with Gasteiger partial charge in [-0.2, -0.15) is 0 Å². The van der Waals surface area contributed by atoms with Gasteiger partial charge in [-0.3, -0.25) is 9.37 Å². The number of fused-ring (bicyclic) bond motifs is 4. The molecule has 0 unspecified atom stereocenters. The van der Waals surface area contributed by atoms with E-state index in [1.807, 2.05) is 48.5 Å². The molecule has 1 radical (unpaired) electrons. The minimum atomic E-state index is -2.27. The van der Waals surface area contributed by atoms with Gasteiger partial charge in [-0.05, 0) is 70.0 Å². The Morgan fingerprint density at radius 2 is 1.46 bits per heavy atom. The van der Waals surface area contributed by atoms with Gasteiger partial charge in [0, 0.05) is 53.5 Å². The third kappa shape index (κ3) is 8.72. The molecular formula is C55H47FIrN4OSi-2. The first kappa shape index (κ1) is 39.5. The fourth-order valence-corrected chi connectivity index (χ4v) is 9.19. The van der Waals surface area contributed by atoms with Crippen LogP contribution in [-0.2, 0) is 25.5 Å². The van der Waals surface area contributed by atoms with Crippen LogP contribution in [0.5, 0.6) is 0 Å². The molecule has 0 N–H and O–H groups in total.